The largest absolute Gasteiger partial charge is 0.462 e. The molecule has 0 aromatic carbocycles. The van der Waals surface area contributed by atoms with Crippen LogP contribution in [0.2, 0.25) is 0 Å². The van der Waals surface area contributed by atoms with E-state index in [1.807, 2.05) is 0 Å². The van der Waals surface area contributed by atoms with Crippen molar-refractivity contribution in [3.05, 3.63) is 0 Å². The number of esters is 1. The molecule has 1 amide bonds. The molecule has 1 saturated heterocycles. The van der Waals surface area contributed by atoms with Crippen molar-refractivity contribution in [1.29, 1.82) is 0 Å². The van der Waals surface area contributed by atoms with Gasteiger partial charge in [-0.2, -0.15) is 0 Å². The van der Waals surface area contributed by atoms with Crippen molar-refractivity contribution in [3.63, 3.8) is 0 Å². The van der Waals surface area contributed by atoms with Crippen LogP contribution in [0, 0.1) is 0 Å². The number of carbonyl (C=O) groups excluding carboxylic acids is 2. The van der Waals surface area contributed by atoms with Gasteiger partial charge in [0.15, 0.2) is 6.10 Å². The number of amides is 1. The minimum Gasteiger partial charge on any atom is -0.462 e. The Balaban J connectivity index is 2.82. The van der Waals surface area contributed by atoms with E-state index in [9.17, 15) is 9.59 Å². The molecule has 21 heavy (non-hydrogen) atoms. The number of ether oxygens (including phenoxy) is 2. The van der Waals surface area contributed by atoms with E-state index in [-0.39, 0.29) is 17.7 Å². The molecule has 1 unspecified atom stereocenters. The molecule has 0 aromatic rings. The molecule has 1 fully saturated rings. The van der Waals surface area contributed by atoms with Gasteiger partial charge in [0.05, 0.1) is 0 Å². The Bertz CT molecular complexity index is 377. The van der Waals surface area contributed by atoms with Gasteiger partial charge >= 0.3 is 12.1 Å². The predicted octanol–water partition coefficient (Wildman–Crippen LogP) is 2.06. The lowest BCUT2D eigenvalue weighted by Crippen LogP contribution is -2.61. The van der Waals surface area contributed by atoms with Crippen molar-refractivity contribution < 1.29 is 19.1 Å². The fourth-order valence-electron chi connectivity index (χ4n) is 3.24. The molecule has 0 aromatic heterocycles. The Morgan fingerprint density at radius 1 is 1.19 bits per heavy atom. The number of hydrogen-bond donors (Lipinski definition) is 1. The van der Waals surface area contributed by atoms with E-state index in [1.54, 1.807) is 0 Å². The van der Waals surface area contributed by atoms with Gasteiger partial charge in [0.2, 0.25) is 0 Å². The summed E-state index contributed by atoms with van der Waals surface area (Å²) in [6.07, 6.45) is 1.92. The van der Waals surface area contributed by atoms with Gasteiger partial charge < -0.3 is 15.2 Å². The highest BCUT2D eigenvalue weighted by Gasteiger charge is 2.42. The third-order valence-electron chi connectivity index (χ3n) is 4.18. The lowest BCUT2D eigenvalue weighted by Gasteiger charge is -2.53. The van der Waals surface area contributed by atoms with Crippen LogP contribution in [-0.2, 0) is 14.3 Å². The van der Waals surface area contributed by atoms with Crippen LogP contribution in [0.1, 0.15) is 53.9 Å². The lowest BCUT2D eigenvalue weighted by atomic mass is 9.79. The van der Waals surface area contributed by atoms with Crippen LogP contribution in [0.25, 0.3) is 0 Å². The second-order valence-corrected chi connectivity index (χ2v) is 6.95. The SMILES string of the molecule is CC(=O)OCC(CN1C(C)(C)CCCC1(C)C)OC(N)=O. The predicted molar refractivity (Wildman–Crippen MR) is 79.8 cm³/mol. The van der Waals surface area contributed by atoms with Crippen LogP contribution in [0.5, 0.6) is 0 Å². The van der Waals surface area contributed by atoms with Crippen LogP contribution in [0.4, 0.5) is 4.79 Å². The van der Waals surface area contributed by atoms with E-state index < -0.39 is 18.2 Å². The molecule has 1 rings (SSSR count). The van der Waals surface area contributed by atoms with Gasteiger partial charge in [-0.1, -0.05) is 0 Å². The number of carbonyl (C=O) groups is 2. The van der Waals surface area contributed by atoms with Gasteiger partial charge in [-0.3, -0.25) is 9.69 Å². The zero-order chi connectivity index (χ0) is 16.3. The van der Waals surface area contributed by atoms with E-state index in [4.69, 9.17) is 15.2 Å². The fraction of sp³-hybridized carbons (Fsp3) is 0.867. The maximum atomic E-state index is 11.1. The van der Waals surface area contributed by atoms with Gasteiger partial charge in [-0.15, -0.1) is 0 Å². The number of likely N-dealkylation sites (tertiary alicyclic amines) is 1. The highest BCUT2D eigenvalue weighted by Crippen LogP contribution is 2.38. The van der Waals surface area contributed by atoms with Crippen molar-refractivity contribution in [3.8, 4) is 0 Å². The molecule has 0 radical (unpaired) electrons. The zero-order valence-corrected chi connectivity index (χ0v) is 13.8. The summed E-state index contributed by atoms with van der Waals surface area (Å²) in [6.45, 7) is 10.6. The Hall–Kier alpha value is -1.30. The molecule has 1 aliphatic rings. The summed E-state index contributed by atoms with van der Waals surface area (Å²) < 4.78 is 10.1. The molecule has 0 spiro atoms. The Kier molecular flexibility index (Phi) is 5.61. The molecule has 2 N–H and O–H groups in total. The van der Waals surface area contributed by atoms with Crippen LogP contribution in [0.3, 0.4) is 0 Å². The standard InChI is InChI=1S/C15H28N2O4/c1-11(18)20-10-12(21-13(16)19)9-17-14(2,3)7-6-8-15(17,4)5/h12H,6-10H2,1-5H3,(H2,16,19). The monoisotopic (exact) mass is 300 g/mol. The molecule has 0 aliphatic carbocycles. The second kappa shape index (κ2) is 6.64. The van der Waals surface area contributed by atoms with Crippen molar-refractivity contribution in [2.45, 2.75) is 71.1 Å². The summed E-state index contributed by atoms with van der Waals surface area (Å²) in [7, 11) is 0. The summed E-state index contributed by atoms with van der Waals surface area (Å²) in [6, 6.07) is 0. The number of rotatable bonds is 5. The Labute approximate surface area is 126 Å². The normalized spacial score (nSPS) is 22.3. The number of piperidine rings is 1. The maximum Gasteiger partial charge on any atom is 0.404 e. The summed E-state index contributed by atoms with van der Waals surface area (Å²) in [5.74, 6) is -0.398. The second-order valence-electron chi connectivity index (χ2n) is 6.95. The van der Waals surface area contributed by atoms with E-state index in [0.29, 0.717) is 6.54 Å². The average molecular weight is 300 g/mol. The van der Waals surface area contributed by atoms with E-state index in [0.717, 1.165) is 12.8 Å². The highest BCUT2D eigenvalue weighted by atomic mass is 16.6. The topological polar surface area (TPSA) is 81.9 Å². The number of nitrogens with two attached hydrogens (primary N) is 1. The molecule has 0 saturated carbocycles. The molecule has 122 valence electrons. The third-order valence-corrected chi connectivity index (χ3v) is 4.18. The van der Waals surface area contributed by atoms with Crippen molar-refractivity contribution in [2.75, 3.05) is 13.2 Å². The van der Waals surface area contributed by atoms with Crippen LogP contribution in [0.15, 0.2) is 0 Å². The van der Waals surface area contributed by atoms with Crippen molar-refractivity contribution in [2.24, 2.45) is 5.73 Å². The first-order valence-corrected chi connectivity index (χ1v) is 7.42. The Morgan fingerprint density at radius 2 is 1.71 bits per heavy atom. The molecule has 0 bridgehead atoms. The van der Waals surface area contributed by atoms with Gasteiger partial charge in [-0.05, 0) is 47.0 Å². The van der Waals surface area contributed by atoms with E-state index in [2.05, 4.69) is 32.6 Å². The number of primary amides is 1. The molecular formula is C15H28N2O4. The molecule has 1 atom stereocenters. The first kappa shape index (κ1) is 17.8. The Morgan fingerprint density at radius 3 is 2.14 bits per heavy atom. The van der Waals surface area contributed by atoms with Gasteiger partial charge in [-0.25, -0.2) is 4.79 Å². The van der Waals surface area contributed by atoms with Crippen molar-refractivity contribution >= 4 is 12.1 Å². The minimum absolute atomic E-state index is 0.00275. The van der Waals surface area contributed by atoms with Crippen LogP contribution < -0.4 is 5.73 Å². The first-order chi connectivity index (χ1) is 9.54. The minimum atomic E-state index is -0.847. The number of nitrogens with zero attached hydrogens (tertiary/aromatic N) is 1. The first-order valence-electron chi connectivity index (χ1n) is 7.42. The van der Waals surface area contributed by atoms with Crippen LogP contribution >= 0.6 is 0 Å². The fourth-order valence-corrected chi connectivity index (χ4v) is 3.24. The molecule has 6 heteroatoms. The van der Waals surface area contributed by atoms with E-state index in [1.165, 1.54) is 13.3 Å². The summed E-state index contributed by atoms with van der Waals surface area (Å²) >= 11 is 0. The molecule has 1 aliphatic heterocycles. The van der Waals surface area contributed by atoms with Gasteiger partial charge in [0.25, 0.3) is 0 Å². The average Bonchev–Trinajstić information content (AvgIpc) is 2.29. The third kappa shape index (κ3) is 5.19. The van der Waals surface area contributed by atoms with Gasteiger partial charge in [0.1, 0.15) is 6.61 Å². The summed E-state index contributed by atoms with van der Waals surface area (Å²) in [5.41, 5.74) is 5.11. The number of hydrogen-bond acceptors (Lipinski definition) is 5. The maximum absolute atomic E-state index is 11.1. The lowest BCUT2D eigenvalue weighted by molar-refractivity contribution is -0.145. The van der Waals surface area contributed by atoms with Gasteiger partial charge in [0, 0.05) is 24.5 Å². The van der Waals surface area contributed by atoms with E-state index >= 15 is 0 Å². The molecular weight excluding hydrogens is 272 g/mol. The molecule has 6 nitrogen and oxygen atoms in total. The molecule has 1 heterocycles. The quantitative estimate of drug-likeness (QED) is 0.786. The van der Waals surface area contributed by atoms with Crippen molar-refractivity contribution in [1.82, 2.24) is 4.90 Å². The summed E-state index contributed by atoms with van der Waals surface area (Å²) in [5, 5.41) is 0. The highest BCUT2D eigenvalue weighted by molar-refractivity contribution is 5.66. The van der Waals surface area contributed by atoms with Crippen LogP contribution in [-0.4, -0.2) is 47.3 Å². The smallest absolute Gasteiger partial charge is 0.404 e. The zero-order valence-electron chi connectivity index (χ0n) is 13.8. The summed E-state index contributed by atoms with van der Waals surface area (Å²) in [4.78, 5) is 24.4.